The summed E-state index contributed by atoms with van der Waals surface area (Å²) >= 11 is 0. The van der Waals surface area contributed by atoms with E-state index in [9.17, 15) is 26.4 Å². The number of methoxy groups -OCH3 is 1. The van der Waals surface area contributed by atoms with Crippen molar-refractivity contribution >= 4 is 21.9 Å². The Hall–Kier alpha value is -3.19. The standard InChI is InChI=1S/C21H25N3O4S.C2HF3O2/c1-28-19-6-4-17(5-7-19)21(25)23-11-8-18-15-24(14-16-3-2-10-22-13-16)29(26,27)20(18)9-12-23;3-2(4,5)1(6)7/h2-7,10,13,18,20H,8-9,11-12,14-15H2,1H3;(H,6,7)/t18-,20-;/m1./s1. The molecule has 1 aromatic heterocycles. The Morgan fingerprint density at radius 1 is 1.14 bits per heavy atom. The predicted molar refractivity (Wildman–Crippen MR) is 123 cm³/mol. The van der Waals surface area contributed by atoms with E-state index in [-0.39, 0.29) is 11.8 Å². The molecule has 0 aliphatic carbocycles. The van der Waals surface area contributed by atoms with Crippen LogP contribution in [0.5, 0.6) is 5.75 Å². The van der Waals surface area contributed by atoms with E-state index in [0.717, 1.165) is 5.56 Å². The fourth-order valence-electron chi connectivity index (χ4n) is 4.27. The van der Waals surface area contributed by atoms with Gasteiger partial charge in [0, 0.05) is 44.1 Å². The van der Waals surface area contributed by atoms with E-state index in [1.165, 1.54) is 0 Å². The van der Waals surface area contributed by atoms with Crippen molar-refractivity contribution in [1.29, 1.82) is 0 Å². The molecular formula is C23H26F3N3O6S. The number of rotatable bonds is 4. The number of likely N-dealkylation sites (tertiary alicyclic amines) is 1. The van der Waals surface area contributed by atoms with Gasteiger partial charge in [-0.3, -0.25) is 9.78 Å². The van der Waals surface area contributed by atoms with Crippen LogP contribution in [0.3, 0.4) is 0 Å². The zero-order chi connectivity index (χ0) is 26.5. The van der Waals surface area contributed by atoms with Crippen LogP contribution in [0.1, 0.15) is 28.8 Å². The summed E-state index contributed by atoms with van der Waals surface area (Å²) in [6.45, 7) is 1.89. The van der Waals surface area contributed by atoms with E-state index >= 15 is 0 Å². The van der Waals surface area contributed by atoms with Crippen LogP contribution in [0, 0.1) is 5.92 Å². The Labute approximate surface area is 206 Å². The molecule has 2 aliphatic heterocycles. The molecule has 2 saturated heterocycles. The van der Waals surface area contributed by atoms with E-state index in [0.29, 0.717) is 50.3 Å². The third-order valence-electron chi connectivity index (χ3n) is 6.11. The van der Waals surface area contributed by atoms with Gasteiger partial charge in [0.2, 0.25) is 10.0 Å². The number of halogens is 3. The molecule has 196 valence electrons. The lowest BCUT2D eigenvalue weighted by Gasteiger charge is -2.22. The summed E-state index contributed by atoms with van der Waals surface area (Å²) in [7, 11) is -1.80. The molecule has 3 heterocycles. The number of hydrogen-bond acceptors (Lipinski definition) is 6. The highest BCUT2D eigenvalue weighted by Gasteiger charge is 2.47. The minimum atomic E-state index is -5.08. The SMILES string of the molecule is COc1ccc(C(=O)N2CC[C@@H]3CN(Cc4cccnc4)S(=O)(=O)[C@@H]3CC2)cc1.O=C(O)C(F)(F)F. The maximum Gasteiger partial charge on any atom is 0.490 e. The number of fused-ring (bicyclic) bond motifs is 1. The summed E-state index contributed by atoms with van der Waals surface area (Å²) in [6.07, 6.45) is -0.535. The van der Waals surface area contributed by atoms with Gasteiger partial charge in [0.25, 0.3) is 5.91 Å². The molecule has 1 amide bonds. The number of aliphatic carboxylic acids is 1. The summed E-state index contributed by atoms with van der Waals surface area (Å²) in [6, 6.07) is 10.7. The van der Waals surface area contributed by atoms with Gasteiger partial charge >= 0.3 is 12.1 Å². The number of alkyl halides is 3. The van der Waals surface area contributed by atoms with Crippen LogP contribution in [0.2, 0.25) is 0 Å². The van der Waals surface area contributed by atoms with Gasteiger partial charge in [-0.05, 0) is 54.7 Å². The molecule has 9 nitrogen and oxygen atoms in total. The largest absolute Gasteiger partial charge is 0.497 e. The lowest BCUT2D eigenvalue weighted by atomic mass is 10.0. The first kappa shape index (κ1) is 27.4. The minimum Gasteiger partial charge on any atom is -0.497 e. The number of carbonyl (C=O) groups is 2. The summed E-state index contributed by atoms with van der Waals surface area (Å²) < 4.78 is 64.6. The minimum absolute atomic E-state index is 0.0466. The van der Waals surface area contributed by atoms with E-state index in [1.807, 2.05) is 12.1 Å². The molecule has 36 heavy (non-hydrogen) atoms. The summed E-state index contributed by atoms with van der Waals surface area (Å²) in [5.41, 5.74) is 1.49. The molecule has 2 aliphatic rings. The number of aromatic nitrogens is 1. The van der Waals surface area contributed by atoms with Crippen molar-refractivity contribution in [2.75, 3.05) is 26.7 Å². The van der Waals surface area contributed by atoms with Gasteiger partial charge in [-0.25, -0.2) is 13.2 Å². The first-order chi connectivity index (χ1) is 16.9. The molecule has 2 atom stereocenters. The van der Waals surface area contributed by atoms with Crippen LogP contribution >= 0.6 is 0 Å². The van der Waals surface area contributed by atoms with Crippen molar-refractivity contribution in [3.05, 3.63) is 59.9 Å². The number of pyridine rings is 1. The van der Waals surface area contributed by atoms with Crippen LogP contribution in [0.25, 0.3) is 0 Å². The van der Waals surface area contributed by atoms with Gasteiger partial charge in [-0.15, -0.1) is 0 Å². The number of carbonyl (C=O) groups excluding carboxylic acids is 1. The van der Waals surface area contributed by atoms with Gasteiger partial charge in [-0.1, -0.05) is 6.07 Å². The quantitative estimate of drug-likeness (QED) is 0.647. The number of sulfonamides is 1. The number of carboxylic acid groups (broad SMARTS) is 1. The number of ether oxygens (including phenoxy) is 1. The first-order valence-electron chi connectivity index (χ1n) is 11.0. The Balaban J connectivity index is 0.000000454. The van der Waals surface area contributed by atoms with Crippen molar-refractivity contribution in [2.24, 2.45) is 5.92 Å². The number of carboxylic acids is 1. The maximum absolute atomic E-state index is 13.1. The average molecular weight is 530 g/mol. The highest BCUT2D eigenvalue weighted by Crippen LogP contribution is 2.35. The zero-order valence-electron chi connectivity index (χ0n) is 19.4. The molecule has 0 radical (unpaired) electrons. The van der Waals surface area contributed by atoms with Gasteiger partial charge in [0.15, 0.2) is 0 Å². The molecule has 13 heteroatoms. The highest BCUT2D eigenvalue weighted by molar-refractivity contribution is 7.90. The maximum atomic E-state index is 13.1. The molecule has 2 aromatic rings. The van der Waals surface area contributed by atoms with Gasteiger partial charge in [0.05, 0.1) is 12.4 Å². The topological polar surface area (TPSA) is 117 Å². The Morgan fingerprint density at radius 3 is 2.33 bits per heavy atom. The summed E-state index contributed by atoms with van der Waals surface area (Å²) in [4.78, 5) is 27.6. The lowest BCUT2D eigenvalue weighted by molar-refractivity contribution is -0.192. The number of benzene rings is 1. The average Bonchev–Trinajstić information content (AvgIpc) is 2.97. The smallest absolute Gasteiger partial charge is 0.490 e. The molecule has 1 aromatic carbocycles. The Morgan fingerprint density at radius 2 is 1.78 bits per heavy atom. The molecule has 0 spiro atoms. The first-order valence-corrected chi connectivity index (χ1v) is 12.5. The van der Waals surface area contributed by atoms with Crippen LogP contribution in [-0.4, -0.2) is 77.8 Å². The molecule has 1 N–H and O–H groups in total. The van der Waals surface area contributed by atoms with Crippen molar-refractivity contribution in [3.63, 3.8) is 0 Å². The predicted octanol–water partition coefficient (Wildman–Crippen LogP) is 2.79. The van der Waals surface area contributed by atoms with Gasteiger partial charge in [0.1, 0.15) is 5.75 Å². The second-order valence-corrected chi connectivity index (χ2v) is 10.6. The number of hydrogen-bond donors (Lipinski definition) is 1. The van der Waals surface area contributed by atoms with Gasteiger partial charge in [-0.2, -0.15) is 17.5 Å². The molecule has 4 rings (SSSR count). The van der Waals surface area contributed by atoms with Gasteiger partial charge < -0.3 is 14.7 Å². The van der Waals surface area contributed by atoms with E-state index < -0.39 is 27.4 Å². The molecule has 0 saturated carbocycles. The Bertz CT molecular complexity index is 1160. The highest BCUT2D eigenvalue weighted by atomic mass is 32.2. The Kier molecular flexibility index (Phi) is 8.56. The lowest BCUT2D eigenvalue weighted by Crippen LogP contribution is -2.34. The van der Waals surface area contributed by atoms with Crippen LogP contribution in [-0.2, 0) is 21.4 Å². The normalized spacial score (nSPS) is 21.5. The third kappa shape index (κ3) is 6.52. The van der Waals surface area contributed by atoms with Crippen LogP contribution in [0.4, 0.5) is 13.2 Å². The zero-order valence-corrected chi connectivity index (χ0v) is 20.2. The van der Waals surface area contributed by atoms with E-state index in [4.69, 9.17) is 14.6 Å². The molecule has 0 bridgehead atoms. The fourth-order valence-corrected chi connectivity index (χ4v) is 6.49. The summed E-state index contributed by atoms with van der Waals surface area (Å²) in [5.74, 6) is -2.07. The van der Waals surface area contributed by atoms with Crippen molar-refractivity contribution in [1.82, 2.24) is 14.2 Å². The third-order valence-corrected chi connectivity index (χ3v) is 8.49. The number of nitrogens with zero attached hydrogens (tertiary/aromatic N) is 3. The second-order valence-electron chi connectivity index (χ2n) is 8.40. The van der Waals surface area contributed by atoms with Crippen LogP contribution < -0.4 is 4.74 Å². The monoisotopic (exact) mass is 529 g/mol. The van der Waals surface area contributed by atoms with Crippen molar-refractivity contribution in [2.45, 2.75) is 30.8 Å². The molecule has 0 unspecified atom stereocenters. The van der Waals surface area contributed by atoms with Crippen LogP contribution in [0.15, 0.2) is 48.8 Å². The van der Waals surface area contributed by atoms with Crippen molar-refractivity contribution in [3.8, 4) is 5.75 Å². The van der Waals surface area contributed by atoms with E-state index in [1.54, 1.807) is 53.0 Å². The molecule has 2 fully saturated rings. The second kappa shape index (κ2) is 11.2. The van der Waals surface area contributed by atoms with Crippen molar-refractivity contribution < 1.29 is 41.0 Å². The van der Waals surface area contributed by atoms with E-state index in [2.05, 4.69) is 4.98 Å². The molecular weight excluding hydrogens is 503 g/mol. The summed E-state index contributed by atoms with van der Waals surface area (Å²) in [5, 5.41) is 6.70. The fraction of sp³-hybridized carbons (Fsp3) is 0.435. The number of amides is 1.